The molecule has 0 radical (unpaired) electrons. The van der Waals surface area contributed by atoms with Gasteiger partial charge in [0.05, 0.1) is 5.57 Å². The van der Waals surface area contributed by atoms with Gasteiger partial charge in [-0.1, -0.05) is 81.4 Å². The summed E-state index contributed by atoms with van der Waals surface area (Å²) in [7, 11) is 0. The second-order valence-corrected chi connectivity index (χ2v) is 7.09. The maximum atomic E-state index is 13.1. The average molecular weight is 507 g/mol. The third-order valence-corrected chi connectivity index (χ3v) is 5.13. The molecule has 156 valence electrons. The quantitative estimate of drug-likeness (QED) is 0.147. The van der Waals surface area contributed by atoms with Crippen LogP contribution in [-0.2, 0) is 24.1 Å². The van der Waals surface area contributed by atoms with Crippen LogP contribution < -0.4 is 4.74 Å². The molecular formula is C27H32O2Sn. The predicted molar refractivity (Wildman–Crippen MR) is 132 cm³/mol. The van der Waals surface area contributed by atoms with E-state index in [2.05, 4.69) is 45.0 Å². The van der Waals surface area contributed by atoms with E-state index in [1.807, 2.05) is 54.6 Å². The SMILES string of the molecule is CCc1ccc(C=C(C(=O)Oc2ccc(CC)cc2)c2ccc(CC)cc2)cc1.[SnH4]. The molecule has 0 aliphatic rings. The van der Waals surface area contributed by atoms with Crippen molar-refractivity contribution in [2.45, 2.75) is 40.0 Å². The fraction of sp³-hybridized carbons (Fsp3) is 0.222. The zero-order valence-corrected chi connectivity index (χ0v) is 17.4. The van der Waals surface area contributed by atoms with Crippen LogP contribution in [0, 0.1) is 0 Å². The van der Waals surface area contributed by atoms with E-state index in [9.17, 15) is 4.79 Å². The predicted octanol–water partition coefficient (Wildman–Crippen LogP) is 5.07. The average Bonchev–Trinajstić information content (AvgIpc) is 2.78. The molecule has 0 fully saturated rings. The van der Waals surface area contributed by atoms with E-state index in [0.29, 0.717) is 11.3 Å². The number of hydrogen-bond donors (Lipinski definition) is 0. The third kappa shape index (κ3) is 6.33. The van der Waals surface area contributed by atoms with Crippen LogP contribution in [0.5, 0.6) is 5.75 Å². The van der Waals surface area contributed by atoms with Gasteiger partial charge in [0.2, 0.25) is 0 Å². The summed E-state index contributed by atoms with van der Waals surface area (Å²) in [6.45, 7) is 6.35. The molecule has 0 aliphatic carbocycles. The van der Waals surface area contributed by atoms with Crippen molar-refractivity contribution in [2.24, 2.45) is 0 Å². The Balaban J connectivity index is 0.00000320. The van der Waals surface area contributed by atoms with Gasteiger partial charge in [-0.3, -0.25) is 0 Å². The Bertz CT molecular complexity index is 969. The first-order valence-electron chi connectivity index (χ1n) is 10.3. The number of rotatable bonds is 7. The molecule has 30 heavy (non-hydrogen) atoms. The number of esters is 1. The van der Waals surface area contributed by atoms with Gasteiger partial charge >= 0.3 is 29.9 Å². The number of carbonyl (C=O) groups is 1. The van der Waals surface area contributed by atoms with E-state index >= 15 is 0 Å². The molecule has 0 aliphatic heterocycles. The van der Waals surface area contributed by atoms with Crippen molar-refractivity contribution in [3.05, 3.63) is 101 Å². The van der Waals surface area contributed by atoms with Crippen LogP contribution in [0.1, 0.15) is 48.6 Å². The summed E-state index contributed by atoms with van der Waals surface area (Å²) in [6, 6.07) is 24.1. The van der Waals surface area contributed by atoms with Gasteiger partial charge in [0.15, 0.2) is 0 Å². The van der Waals surface area contributed by atoms with Crippen LogP contribution in [0.15, 0.2) is 72.8 Å². The molecule has 3 heteroatoms. The summed E-state index contributed by atoms with van der Waals surface area (Å²) in [6.07, 6.45) is 4.82. The first-order valence-corrected chi connectivity index (χ1v) is 10.3. The van der Waals surface area contributed by atoms with Gasteiger partial charge in [0.25, 0.3) is 0 Å². The summed E-state index contributed by atoms with van der Waals surface area (Å²) >= 11 is 0. The maximum absolute atomic E-state index is 13.1. The van der Waals surface area contributed by atoms with E-state index in [-0.39, 0.29) is 29.9 Å². The zero-order chi connectivity index (χ0) is 20.6. The molecule has 0 heterocycles. The van der Waals surface area contributed by atoms with Gasteiger partial charge < -0.3 is 4.74 Å². The normalized spacial score (nSPS) is 11.0. The molecule has 0 saturated heterocycles. The van der Waals surface area contributed by atoms with Gasteiger partial charge in [-0.15, -0.1) is 0 Å². The first-order chi connectivity index (χ1) is 14.1. The molecule has 0 aromatic heterocycles. The van der Waals surface area contributed by atoms with Crippen LogP contribution >= 0.6 is 0 Å². The van der Waals surface area contributed by atoms with Crippen LogP contribution in [0.3, 0.4) is 0 Å². The Morgan fingerprint density at radius 2 is 1.13 bits per heavy atom. The van der Waals surface area contributed by atoms with Crippen molar-refractivity contribution in [2.75, 3.05) is 0 Å². The van der Waals surface area contributed by atoms with Crippen molar-refractivity contribution in [3.8, 4) is 5.75 Å². The summed E-state index contributed by atoms with van der Waals surface area (Å²) in [5, 5.41) is 0. The molecule has 3 aromatic carbocycles. The minimum atomic E-state index is -0.349. The van der Waals surface area contributed by atoms with Crippen molar-refractivity contribution in [1.29, 1.82) is 0 Å². The van der Waals surface area contributed by atoms with Crippen LogP contribution in [0.2, 0.25) is 0 Å². The summed E-state index contributed by atoms with van der Waals surface area (Å²) in [5.74, 6) is 0.211. The fourth-order valence-electron chi connectivity index (χ4n) is 3.15. The van der Waals surface area contributed by atoms with E-state index in [0.717, 1.165) is 30.4 Å². The van der Waals surface area contributed by atoms with Crippen LogP contribution in [0.25, 0.3) is 11.6 Å². The van der Waals surface area contributed by atoms with Gasteiger partial charge in [-0.2, -0.15) is 0 Å². The molecule has 0 spiro atoms. The van der Waals surface area contributed by atoms with E-state index < -0.39 is 0 Å². The molecule has 0 bridgehead atoms. The Morgan fingerprint density at radius 1 is 0.700 bits per heavy atom. The Morgan fingerprint density at radius 3 is 1.60 bits per heavy atom. The van der Waals surface area contributed by atoms with E-state index in [1.165, 1.54) is 16.7 Å². The Labute approximate surface area is 196 Å². The molecule has 3 aromatic rings. The standard InChI is InChI=1S/C27H28O2.Sn.4H/c1-4-20-7-9-23(10-8-20)19-26(24-15-11-21(5-2)12-16-24)27(28)29-25-17-13-22(6-3)14-18-25;;;;;/h7-19H,4-6H2,1-3H3;;;;;. The van der Waals surface area contributed by atoms with Gasteiger partial charge in [0, 0.05) is 0 Å². The third-order valence-electron chi connectivity index (χ3n) is 5.13. The first kappa shape index (κ1) is 23.9. The van der Waals surface area contributed by atoms with Crippen LogP contribution in [0.4, 0.5) is 0 Å². The number of aryl methyl sites for hydroxylation is 3. The molecule has 2 nitrogen and oxygen atoms in total. The van der Waals surface area contributed by atoms with Crippen LogP contribution in [-0.4, -0.2) is 29.9 Å². The van der Waals surface area contributed by atoms with Crippen molar-refractivity contribution < 1.29 is 9.53 Å². The topological polar surface area (TPSA) is 26.3 Å². The summed E-state index contributed by atoms with van der Waals surface area (Å²) in [4.78, 5) is 13.1. The van der Waals surface area contributed by atoms with E-state index in [4.69, 9.17) is 4.74 Å². The summed E-state index contributed by atoms with van der Waals surface area (Å²) in [5.41, 5.74) is 6.12. The Hall–Kier alpha value is -2.33. The number of hydrogen-bond acceptors (Lipinski definition) is 2. The zero-order valence-electron chi connectivity index (χ0n) is 17.4. The van der Waals surface area contributed by atoms with Crippen molar-refractivity contribution in [1.82, 2.24) is 0 Å². The number of carbonyl (C=O) groups excluding carboxylic acids is 1. The summed E-state index contributed by atoms with van der Waals surface area (Å²) < 4.78 is 5.70. The molecular weight excluding hydrogens is 475 g/mol. The Kier molecular flexibility index (Phi) is 9.38. The molecule has 0 N–H and O–H groups in total. The van der Waals surface area contributed by atoms with Gasteiger partial charge in [0.1, 0.15) is 5.75 Å². The van der Waals surface area contributed by atoms with Gasteiger partial charge in [-0.25, -0.2) is 4.79 Å². The minimum absolute atomic E-state index is 0. The fourth-order valence-corrected chi connectivity index (χ4v) is 3.15. The van der Waals surface area contributed by atoms with Gasteiger partial charge in [-0.05, 0) is 65.3 Å². The molecule has 0 amide bonds. The molecule has 0 saturated carbocycles. The van der Waals surface area contributed by atoms with Crippen molar-refractivity contribution >= 4 is 41.5 Å². The monoisotopic (exact) mass is 508 g/mol. The second-order valence-electron chi connectivity index (χ2n) is 7.09. The number of ether oxygens (including phenoxy) is 1. The van der Waals surface area contributed by atoms with Crippen molar-refractivity contribution in [3.63, 3.8) is 0 Å². The molecule has 0 atom stereocenters. The number of benzene rings is 3. The molecule has 0 unspecified atom stereocenters. The van der Waals surface area contributed by atoms with E-state index in [1.54, 1.807) is 0 Å². The molecule has 3 rings (SSSR count). The second kappa shape index (κ2) is 11.8.